The Hall–Kier alpha value is -4.05. The molecule has 1 aliphatic rings. The maximum absolute atomic E-state index is 15.8. The third kappa shape index (κ3) is 4.40. The van der Waals surface area contributed by atoms with Gasteiger partial charge >= 0.3 is 5.97 Å². The Kier molecular flexibility index (Phi) is 5.81. The van der Waals surface area contributed by atoms with Gasteiger partial charge in [-0.1, -0.05) is 42.5 Å². The highest BCUT2D eigenvalue weighted by atomic mass is 32.2. The molecule has 2 heterocycles. The second-order valence-electron chi connectivity index (χ2n) is 7.72. The molecule has 0 saturated carbocycles. The lowest BCUT2D eigenvalue weighted by molar-refractivity contribution is -0.137. The lowest BCUT2D eigenvalue weighted by Crippen LogP contribution is -2.17. The number of fused-ring (bicyclic) bond motifs is 1. The highest BCUT2D eigenvalue weighted by Crippen LogP contribution is 2.41. The molecule has 10 heteroatoms. The largest absolute Gasteiger partial charge is 0.487 e. The summed E-state index contributed by atoms with van der Waals surface area (Å²) in [6, 6.07) is 16.5. The average molecular weight is 479 g/mol. The van der Waals surface area contributed by atoms with Crippen LogP contribution < -0.4 is 13.8 Å². The molecule has 4 aromatic rings. The Balaban J connectivity index is 1.55. The minimum atomic E-state index is -0.990. The van der Waals surface area contributed by atoms with Crippen molar-refractivity contribution in [2.24, 2.45) is 0 Å². The van der Waals surface area contributed by atoms with Crippen LogP contribution in [0.15, 0.2) is 67.0 Å². The van der Waals surface area contributed by atoms with Crippen LogP contribution in [0, 0.1) is 5.82 Å². The van der Waals surface area contributed by atoms with Gasteiger partial charge < -0.3 is 9.84 Å². The van der Waals surface area contributed by atoms with E-state index in [4.69, 9.17) is 9.84 Å². The smallest absolute Gasteiger partial charge is 0.325 e. The van der Waals surface area contributed by atoms with E-state index in [1.807, 2.05) is 30.3 Å². The summed E-state index contributed by atoms with van der Waals surface area (Å²) in [6.45, 7) is -0.000739. The van der Waals surface area contributed by atoms with Gasteiger partial charge in [0.2, 0.25) is 0 Å². The molecule has 0 atom stereocenters. The van der Waals surface area contributed by atoms with Crippen LogP contribution >= 0.6 is 12.1 Å². The predicted molar refractivity (Wildman–Crippen MR) is 127 cm³/mol. The molecule has 1 fully saturated rings. The van der Waals surface area contributed by atoms with Gasteiger partial charge in [0.25, 0.3) is 5.91 Å². The number of nitrogens with one attached hydrogen (secondary N) is 1. The van der Waals surface area contributed by atoms with Crippen LogP contribution in [-0.2, 0) is 22.7 Å². The molecule has 8 nitrogen and oxygen atoms in total. The Morgan fingerprint density at radius 3 is 2.74 bits per heavy atom. The third-order valence-corrected chi connectivity index (χ3v) is 6.17. The van der Waals surface area contributed by atoms with Crippen LogP contribution in [-0.4, -0.2) is 33.3 Å². The monoisotopic (exact) mass is 478 g/mol. The first-order chi connectivity index (χ1) is 16.5. The van der Waals surface area contributed by atoms with E-state index in [0.717, 1.165) is 23.3 Å². The van der Waals surface area contributed by atoms with E-state index in [2.05, 4.69) is 9.82 Å². The number of benzene rings is 3. The Morgan fingerprint density at radius 1 is 1.18 bits per heavy atom. The molecule has 0 spiro atoms. The molecular formula is C24H19FN4O4S. The summed E-state index contributed by atoms with van der Waals surface area (Å²) in [5, 5.41) is 14.0. The summed E-state index contributed by atoms with van der Waals surface area (Å²) >= 11 is 1.02. The van der Waals surface area contributed by atoms with Gasteiger partial charge in [-0.3, -0.25) is 23.3 Å². The van der Waals surface area contributed by atoms with Crippen LogP contribution in [0.4, 0.5) is 10.1 Å². The molecule has 172 valence electrons. The molecular weight excluding hydrogens is 459 g/mol. The second kappa shape index (κ2) is 9.06. The average Bonchev–Trinajstić information content (AvgIpc) is 3.46. The zero-order valence-electron chi connectivity index (χ0n) is 17.8. The van der Waals surface area contributed by atoms with Crippen molar-refractivity contribution < 1.29 is 23.8 Å². The minimum Gasteiger partial charge on any atom is -0.487 e. The topological polar surface area (TPSA) is 96.7 Å². The Bertz CT molecular complexity index is 1390. The van der Waals surface area contributed by atoms with E-state index in [1.165, 1.54) is 4.68 Å². The van der Waals surface area contributed by atoms with Gasteiger partial charge in [0, 0.05) is 17.1 Å². The van der Waals surface area contributed by atoms with E-state index >= 15 is 4.39 Å². The summed E-state index contributed by atoms with van der Waals surface area (Å²) in [7, 11) is 0. The molecule has 3 aromatic carbocycles. The number of anilines is 1. The number of ether oxygens (including phenoxy) is 1. The standard InChI is InChI=1S/C24H19FN4O4S/c25-23-19-7-6-16(18-10-26-28(11-18)13-22(31)32)8-17(19)9-20(24(23)29-12-21(30)27-34-29)33-14-15-4-2-1-3-5-15/h1-11H,12-14H2,(H,27,30)(H,31,32). The summed E-state index contributed by atoms with van der Waals surface area (Å²) in [5.41, 5.74) is 2.60. The summed E-state index contributed by atoms with van der Waals surface area (Å²) < 4.78 is 27.3. The third-order valence-electron chi connectivity index (χ3n) is 5.32. The van der Waals surface area contributed by atoms with Crippen LogP contribution in [0.1, 0.15) is 5.56 Å². The number of nitrogens with zero attached hydrogens (tertiary/aromatic N) is 3. The van der Waals surface area contributed by atoms with E-state index < -0.39 is 11.8 Å². The molecule has 1 aliphatic heterocycles. The quantitative estimate of drug-likeness (QED) is 0.388. The zero-order valence-corrected chi connectivity index (χ0v) is 18.6. The molecule has 2 N–H and O–H groups in total. The maximum atomic E-state index is 15.8. The number of hydrogen-bond donors (Lipinski definition) is 2. The highest BCUT2D eigenvalue weighted by molar-refractivity contribution is 7.99. The summed E-state index contributed by atoms with van der Waals surface area (Å²) in [6.07, 6.45) is 3.20. The zero-order chi connectivity index (χ0) is 23.7. The molecule has 5 rings (SSSR count). The van der Waals surface area contributed by atoms with Crippen molar-refractivity contribution in [1.82, 2.24) is 14.5 Å². The number of aliphatic carboxylic acids is 1. The number of carbonyl (C=O) groups excluding carboxylic acids is 1. The predicted octanol–water partition coefficient (Wildman–Crippen LogP) is 4.01. The number of rotatable bonds is 7. The van der Waals surface area contributed by atoms with Crippen molar-refractivity contribution in [3.63, 3.8) is 0 Å². The SMILES string of the molecule is O=C(O)Cn1cc(-c2ccc3c(F)c(N4CC(=O)NS4)c(OCc4ccccc4)cc3c2)cn1. The van der Waals surface area contributed by atoms with Crippen LogP contribution in [0.3, 0.4) is 0 Å². The molecule has 0 bridgehead atoms. The number of aromatic nitrogens is 2. The number of hydrogen-bond acceptors (Lipinski definition) is 6. The number of carboxylic acids is 1. The molecule has 34 heavy (non-hydrogen) atoms. The number of amides is 1. The number of halogens is 1. The Morgan fingerprint density at radius 2 is 2.00 bits per heavy atom. The fourth-order valence-corrected chi connectivity index (χ4v) is 4.47. The van der Waals surface area contributed by atoms with Gasteiger partial charge in [0.1, 0.15) is 31.1 Å². The van der Waals surface area contributed by atoms with Crippen LogP contribution in [0.2, 0.25) is 0 Å². The highest BCUT2D eigenvalue weighted by Gasteiger charge is 2.28. The van der Waals surface area contributed by atoms with Crippen molar-refractivity contribution >= 4 is 40.5 Å². The summed E-state index contributed by atoms with van der Waals surface area (Å²) in [4.78, 5) is 22.7. The van der Waals surface area contributed by atoms with Gasteiger partial charge in [-0.25, -0.2) is 4.39 Å². The first-order valence-corrected chi connectivity index (χ1v) is 11.2. The van der Waals surface area contributed by atoms with E-state index in [-0.39, 0.29) is 31.3 Å². The fraction of sp³-hybridized carbons (Fsp3) is 0.125. The number of carbonyl (C=O) groups is 2. The number of carboxylic acid groups (broad SMARTS) is 1. The normalized spacial score (nSPS) is 13.3. The van der Waals surface area contributed by atoms with Crippen molar-refractivity contribution in [1.29, 1.82) is 0 Å². The lowest BCUT2D eigenvalue weighted by Gasteiger charge is -2.20. The van der Waals surface area contributed by atoms with Crippen molar-refractivity contribution in [3.8, 4) is 16.9 Å². The van der Waals surface area contributed by atoms with E-state index in [1.54, 1.807) is 41.0 Å². The van der Waals surface area contributed by atoms with Crippen molar-refractivity contribution in [3.05, 3.63) is 78.4 Å². The van der Waals surface area contributed by atoms with Crippen LogP contribution in [0.5, 0.6) is 5.75 Å². The van der Waals surface area contributed by atoms with Gasteiger partial charge in [0.05, 0.1) is 18.3 Å². The Labute approximate surface area is 198 Å². The fourth-order valence-electron chi connectivity index (χ4n) is 3.75. The van der Waals surface area contributed by atoms with Gasteiger partial charge in [0.15, 0.2) is 5.82 Å². The van der Waals surface area contributed by atoms with E-state index in [9.17, 15) is 9.59 Å². The van der Waals surface area contributed by atoms with Gasteiger partial charge in [-0.2, -0.15) is 5.10 Å². The van der Waals surface area contributed by atoms with Crippen molar-refractivity contribution in [2.45, 2.75) is 13.2 Å². The second-order valence-corrected chi connectivity index (χ2v) is 8.55. The maximum Gasteiger partial charge on any atom is 0.325 e. The first kappa shape index (κ1) is 21.8. The molecule has 0 aliphatic carbocycles. The molecule has 0 radical (unpaired) electrons. The molecule has 1 amide bonds. The lowest BCUT2D eigenvalue weighted by atomic mass is 10.0. The molecule has 0 unspecified atom stereocenters. The first-order valence-electron chi connectivity index (χ1n) is 10.4. The van der Waals surface area contributed by atoms with Gasteiger partial charge in [-0.05, 0) is 28.6 Å². The molecule has 1 saturated heterocycles. The van der Waals surface area contributed by atoms with Gasteiger partial charge in [-0.15, -0.1) is 0 Å². The minimum absolute atomic E-state index is 0.00956. The van der Waals surface area contributed by atoms with Crippen LogP contribution in [0.25, 0.3) is 21.9 Å². The van der Waals surface area contributed by atoms with E-state index in [0.29, 0.717) is 22.1 Å². The van der Waals surface area contributed by atoms with Crippen molar-refractivity contribution in [2.75, 3.05) is 10.8 Å². The summed E-state index contributed by atoms with van der Waals surface area (Å²) in [5.74, 6) is -1.38. The molecule has 1 aromatic heterocycles.